The molecular weight excluding hydrogens is 254 g/mol. The fourth-order valence-electron chi connectivity index (χ4n) is 2.64. The summed E-state index contributed by atoms with van der Waals surface area (Å²) in [5, 5.41) is 2.54. The van der Waals surface area contributed by atoms with Crippen LogP contribution < -0.4 is 11.1 Å². The Morgan fingerprint density at radius 2 is 2.25 bits per heavy atom. The van der Waals surface area contributed by atoms with Crippen LogP contribution in [0.2, 0.25) is 0 Å². The molecule has 0 aromatic heterocycles. The minimum Gasteiger partial charge on any atom is -0.346 e. The van der Waals surface area contributed by atoms with Crippen molar-refractivity contribution >= 4 is 11.8 Å². The zero-order chi connectivity index (χ0) is 14.5. The molecule has 1 unspecified atom stereocenters. The summed E-state index contributed by atoms with van der Waals surface area (Å²) >= 11 is 0. The third-order valence-corrected chi connectivity index (χ3v) is 3.62. The van der Waals surface area contributed by atoms with E-state index in [1.165, 1.54) is 11.1 Å². The number of rotatable bonds is 4. The van der Waals surface area contributed by atoms with E-state index in [2.05, 4.69) is 17.4 Å². The van der Waals surface area contributed by atoms with Gasteiger partial charge in [-0.15, -0.1) is 0 Å². The van der Waals surface area contributed by atoms with Crippen molar-refractivity contribution in [1.29, 1.82) is 0 Å². The van der Waals surface area contributed by atoms with E-state index in [0.29, 0.717) is 0 Å². The van der Waals surface area contributed by atoms with Crippen molar-refractivity contribution in [2.75, 3.05) is 19.6 Å². The number of nitrogens with two attached hydrogens (primary N) is 1. The Morgan fingerprint density at radius 1 is 1.45 bits per heavy atom. The number of hydrogen-bond acceptors (Lipinski definition) is 3. The summed E-state index contributed by atoms with van der Waals surface area (Å²) in [5.74, 6) is -0.347. The quantitative estimate of drug-likeness (QED) is 0.850. The number of nitrogens with one attached hydrogen (secondary N) is 1. The molecule has 108 valence electrons. The van der Waals surface area contributed by atoms with Crippen LogP contribution >= 0.6 is 0 Å². The summed E-state index contributed by atoms with van der Waals surface area (Å²) in [6.45, 7) is 2.73. The van der Waals surface area contributed by atoms with E-state index in [1.54, 1.807) is 0 Å². The van der Waals surface area contributed by atoms with Crippen LogP contribution in [-0.2, 0) is 9.59 Å². The molecule has 2 rings (SSSR count). The number of amides is 2. The van der Waals surface area contributed by atoms with Gasteiger partial charge in [0.15, 0.2) is 0 Å². The molecule has 5 nitrogen and oxygen atoms in total. The van der Waals surface area contributed by atoms with E-state index in [-0.39, 0.29) is 30.9 Å². The lowest BCUT2D eigenvalue weighted by molar-refractivity contribution is -0.133. The van der Waals surface area contributed by atoms with Gasteiger partial charge in [0.1, 0.15) is 0 Å². The van der Waals surface area contributed by atoms with Crippen molar-refractivity contribution in [3.63, 3.8) is 0 Å². The molecule has 20 heavy (non-hydrogen) atoms. The largest absolute Gasteiger partial charge is 0.346 e. The Hall–Kier alpha value is -1.88. The molecule has 1 fully saturated rings. The number of benzene rings is 1. The second-order valence-electron chi connectivity index (χ2n) is 5.14. The predicted molar refractivity (Wildman–Crippen MR) is 76.9 cm³/mol. The monoisotopic (exact) mass is 275 g/mol. The maximum atomic E-state index is 12.2. The summed E-state index contributed by atoms with van der Waals surface area (Å²) in [6, 6.07) is 8.36. The lowest BCUT2D eigenvalue weighted by atomic mass is 10.0. The number of carbonyl (C=O) groups excluding carboxylic acids is 2. The molecule has 1 heterocycles. The predicted octanol–water partition coefficient (Wildman–Crippen LogP) is 0.733. The molecule has 1 atom stereocenters. The molecule has 0 spiro atoms. The van der Waals surface area contributed by atoms with Crippen LogP contribution in [0.3, 0.4) is 0 Å². The van der Waals surface area contributed by atoms with Crippen LogP contribution in [0.5, 0.6) is 0 Å². The lowest BCUT2D eigenvalue weighted by Crippen LogP contribution is -2.41. The first-order chi connectivity index (χ1) is 9.61. The van der Waals surface area contributed by atoms with Crippen molar-refractivity contribution < 1.29 is 9.59 Å². The fraction of sp³-hybridized carbons (Fsp3) is 0.467. The molecule has 3 N–H and O–H groups in total. The number of likely N-dealkylation sites (tertiary alicyclic amines) is 1. The summed E-state index contributed by atoms with van der Waals surface area (Å²) in [6.07, 6.45) is 1.97. The van der Waals surface area contributed by atoms with Crippen molar-refractivity contribution in [2.45, 2.75) is 25.8 Å². The number of hydrogen-bond donors (Lipinski definition) is 2. The van der Waals surface area contributed by atoms with E-state index in [4.69, 9.17) is 5.73 Å². The van der Waals surface area contributed by atoms with Crippen molar-refractivity contribution in [1.82, 2.24) is 10.2 Å². The highest BCUT2D eigenvalue weighted by Gasteiger charge is 2.29. The average molecular weight is 275 g/mol. The van der Waals surface area contributed by atoms with Crippen LogP contribution in [0, 0.1) is 6.92 Å². The van der Waals surface area contributed by atoms with Crippen molar-refractivity contribution in [3.05, 3.63) is 35.4 Å². The molecule has 1 aliphatic heterocycles. The third kappa shape index (κ3) is 3.36. The first-order valence-corrected chi connectivity index (χ1v) is 6.94. The molecule has 0 bridgehead atoms. The van der Waals surface area contributed by atoms with Gasteiger partial charge in [-0.1, -0.05) is 29.8 Å². The first-order valence-electron chi connectivity index (χ1n) is 6.94. The smallest absolute Gasteiger partial charge is 0.242 e. The van der Waals surface area contributed by atoms with Crippen LogP contribution in [0.4, 0.5) is 0 Å². The maximum Gasteiger partial charge on any atom is 0.242 e. The molecular formula is C15H21N3O2. The van der Waals surface area contributed by atoms with Gasteiger partial charge in [-0.05, 0) is 25.3 Å². The van der Waals surface area contributed by atoms with Crippen LogP contribution in [0.1, 0.15) is 30.0 Å². The molecule has 1 saturated heterocycles. The second kappa shape index (κ2) is 6.52. The normalized spacial score (nSPS) is 18.1. The van der Waals surface area contributed by atoms with Crippen LogP contribution in [0.15, 0.2) is 24.3 Å². The molecule has 0 saturated carbocycles. The summed E-state index contributed by atoms with van der Waals surface area (Å²) < 4.78 is 0. The Bertz CT molecular complexity index is 502. The molecule has 2 amide bonds. The van der Waals surface area contributed by atoms with Gasteiger partial charge in [0.05, 0.1) is 19.1 Å². The van der Waals surface area contributed by atoms with Gasteiger partial charge in [-0.3, -0.25) is 9.59 Å². The maximum absolute atomic E-state index is 12.2. The highest BCUT2D eigenvalue weighted by molar-refractivity contribution is 5.85. The summed E-state index contributed by atoms with van der Waals surface area (Å²) in [5.41, 5.74) is 7.57. The Morgan fingerprint density at radius 3 is 2.95 bits per heavy atom. The summed E-state index contributed by atoms with van der Waals surface area (Å²) in [4.78, 5) is 25.2. The van der Waals surface area contributed by atoms with Gasteiger partial charge in [0, 0.05) is 6.54 Å². The van der Waals surface area contributed by atoms with Gasteiger partial charge in [-0.2, -0.15) is 0 Å². The van der Waals surface area contributed by atoms with E-state index < -0.39 is 0 Å². The highest BCUT2D eigenvalue weighted by Crippen LogP contribution is 2.32. The van der Waals surface area contributed by atoms with Gasteiger partial charge < -0.3 is 16.0 Å². The highest BCUT2D eigenvalue weighted by atomic mass is 16.2. The van der Waals surface area contributed by atoms with Crippen LogP contribution in [-0.4, -0.2) is 36.3 Å². The molecule has 5 heteroatoms. The number of nitrogens with zero attached hydrogens (tertiary/aromatic N) is 1. The number of aryl methyl sites for hydroxylation is 1. The molecule has 1 aliphatic rings. The topological polar surface area (TPSA) is 75.4 Å². The Balaban J connectivity index is 2.03. The van der Waals surface area contributed by atoms with Crippen LogP contribution in [0.25, 0.3) is 0 Å². The standard InChI is InChI=1S/C15H21N3O2/c1-11-4-2-5-12(8-11)13-6-3-7-18(13)15(20)10-17-14(19)9-16/h2,4-5,8,13H,3,6-7,9-10,16H2,1H3,(H,17,19). The Labute approximate surface area is 119 Å². The van der Waals surface area contributed by atoms with Gasteiger partial charge >= 0.3 is 0 Å². The SMILES string of the molecule is Cc1cccc(C2CCCN2C(=O)CNC(=O)CN)c1. The first kappa shape index (κ1) is 14.5. The minimum atomic E-state index is -0.301. The molecule has 1 aromatic carbocycles. The zero-order valence-electron chi connectivity index (χ0n) is 11.8. The zero-order valence-corrected chi connectivity index (χ0v) is 11.8. The second-order valence-corrected chi connectivity index (χ2v) is 5.14. The van der Waals surface area contributed by atoms with E-state index >= 15 is 0 Å². The molecule has 0 radical (unpaired) electrons. The van der Waals surface area contributed by atoms with Crippen molar-refractivity contribution in [2.24, 2.45) is 5.73 Å². The van der Waals surface area contributed by atoms with Gasteiger partial charge in [0.2, 0.25) is 11.8 Å². The Kier molecular flexibility index (Phi) is 4.74. The average Bonchev–Trinajstić information content (AvgIpc) is 2.93. The number of carbonyl (C=O) groups is 2. The fourth-order valence-corrected chi connectivity index (χ4v) is 2.64. The van der Waals surface area contributed by atoms with E-state index in [0.717, 1.165) is 19.4 Å². The van der Waals surface area contributed by atoms with Gasteiger partial charge in [0.25, 0.3) is 0 Å². The molecule has 0 aliphatic carbocycles. The summed E-state index contributed by atoms with van der Waals surface area (Å²) in [7, 11) is 0. The third-order valence-electron chi connectivity index (χ3n) is 3.62. The van der Waals surface area contributed by atoms with Gasteiger partial charge in [-0.25, -0.2) is 0 Å². The van der Waals surface area contributed by atoms with E-state index in [9.17, 15) is 9.59 Å². The minimum absolute atomic E-state index is 0.0261. The lowest BCUT2D eigenvalue weighted by Gasteiger charge is -2.25. The molecule has 1 aromatic rings. The van der Waals surface area contributed by atoms with E-state index in [1.807, 2.05) is 24.0 Å². The van der Waals surface area contributed by atoms with Crippen molar-refractivity contribution in [3.8, 4) is 0 Å².